The number of aromatic nitrogens is 2. The number of carboxylic acid groups (broad SMARTS) is 1. The molecule has 0 saturated heterocycles. The van der Waals surface area contributed by atoms with Gasteiger partial charge >= 0.3 is 5.97 Å². The first-order chi connectivity index (χ1) is 9.58. The SMILES string of the molecule is Cc1nc2cccc(C(=O)O)c2n1-c1ccc(Cl)cc1. The Hall–Kier alpha value is -2.33. The second-order valence-corrected chi connectivity index (χ2v) is 4.89. The van der Waals surface area contributed by atoms with Crippen molar-refractivity contribution in [3.8, 4) is 5.69 Å². The van der Waals surface area contributed by atoms with E-state index in [1.54, 1.807) is 30.3 Å². The molecule has 3 rings (SSSR count). The summed E-state index contributed by atoms with van der Waals surface area (Å²) in [6.45, 7) is 1.85. The maximum atomic E-state index is 11.4. The van der Waals surface area contributed by atoms with E-state index in [1.807, 2.05) is 23.6 Å². The van der Waals surface area contributed by atoms with E-state index in [9.17, 15) is 9.90 Å². The van der Waals surface area contributed by atoms with Gasteiger partial charge in [-0.2, -0.15) is 0 Å². The molecule has 1 heterocycles. The first kappa shape index (κ1) is 12.7. The Morgan fingerprint density at radius 1 is 1.20 bits per heavy atom. The Kier molecular flexibility index (Phi) is 2.95. The van der Waals surface area contributed by atoms with Gasteiger partial charge in [0.15, 0.2) is 0 Å². The summed E-state index contributed by atoms with van der Waals surface area (Å²) < 4.78 is 1.83. The lowest BCUT2D eigenvalue weighted by molar-refractivity contribution is 0.0698. The highest BCUT2D eigenvalue weighted by Crippen LogP contribution is 2.25. The zero-order valence-corrected chi connectivity index (χ0v) is 11.4. The van der Waals surface area contributed by atoms with Crippen LogP contribution in [0.1, 0.15) is 16.2 Å². The van der Waals surface area contributed by atoms with Gasteiger partial charge in [-0.15, -0.1) is 0 Å². The van der Waals surface area contributed by atoms with E-state index in [-0.39, 0.29) is 5.56 Å². The number of halogens is 1. The number of hydrogen-bond acceptors (Lipinski definition) is 2. The van der Waals surface area contributed by atoms with Gasteiger partial charge in [0.1, 0.15) is 5.82 Å². The molecule has 2 aromatic carbocycles. The quantitative estimate of drug-likeness (QED) is 0.782. The maximum absolute atomic E-state index is 11.4. The molecule has 0 fully saturated rings. The van der Waals surface area contributed by atoms with Crippen LogP contribution in [0, 0.1) is 6.92 Å². The molecule has 0 unspecified atom stereocenters. The van der Waals surface area contributed by atoms with E-state index in [4.69, 9.17) is 11.6 Å². The van der Waals surface area contributed by atoms with Gasteiger partial charge in [-0.05, 0) is 43.3 Å². The minimum atomic E-state index is -0.967. The van der Waals surface area contributed by atoms with Crippen molar-refractivity contribution in [1.29, 1.82) is 0 Å². The lowest BCUT2D eigenvalue weighted by Gasteiger charge is -2.08. The molecule has 0 spiro atoms. The molecular weight excluding hydrogens is 276 g/mol. The fourth-order valence-electron chi connectivity index (χ4n) is 2.32. The summed E-state index contributed by atoms with van der Waals surface area (Å²) in [7, 11) is 0. The van der Waals surface area contributed by atoms with Crippen LogP contribution in [0.3, 0.4) is 0 Å². The maximum Gasteiger partial charge on any atom is 0.337 e. The van der Waals surface area contributed by atoms with E-state index in [0.717, 1.165) is 11.5 Å². The number of hydrogen-bond donors (Lipinski definition) is 1. The molecule has 0 bridgehead atoms. The van der Waals surface area contributed by atoms with Gasteiger partial charge in [-0.25, -0.2) is 9.78 Å². The standard InChI is InChI=1S/C15H11ClN2O2/c1-9-17-13-4-2-3-12(15(19)20)14(13)18(9)11-7-5-10(16)6-8-11/h2-8H,1H3,(H,19,20). The van der Waals surface area contributed by atoms with Gasteiger partial charge in [0.2, 0.25) is 0 Å². The Balaban J connectivity index is 2.37. The van der Waals surface area contributed by atoms with Crippen LogP contribution in [0.25, 0.3) is 16.7 Å². The summed E-state index contributed by atoms with van der Waals surface area (Å²) in [5, 5.41) is 9.98. The number of carbonyl (C=O) groups is 1. The molecule has 0 amide bonds. The van der Waals surface area contributed by atoms with Crippen LogP contribution in [0.5, 0.6) is 0 Å². The number of benzene rings is 2. The minimum absolute atomic E-state index is 0.234. The van der Waals surface area contributed by atoms with Crippen LogP contribution in [0.15, 0.2) is 42.5 Å². The molecule has 100 valence electrons. The van der Waals surface area contributed by atoms with Gasteiger partial charge < -0.3 is 5.11 Å². The predicted molar refractivity (Wildman–Crippen MR) is 77.8 cm³/mol. The second-order valence-electron chi connectivity index (χ2n) is 4.45. The van der Waals surface area contributed by atoms with Gasteiger partial charge in [0.25, 0.3) is 0 Å². The van der Waals surface area contributed by atoms with Crippen LogP contribution in [0.4, 0.5) is 0 Å². The van der Waals surface area contributed by atoms with Gasteiger partial charge in [0.05, 0.1) is 16.6 Å². The van der Waals surface area contributed by atoms with Crippen molar-refractivity contribution in [2.24, 2.45) is 0 Å². The van der Waals surface area contributed by atoms with E-state index in [1.165, 1.54) is 0 Å². The average Bonchev–Trinajstić information content (AvgIpc) is 2.75. The normalized spacial score (nSPS) is 10.9. The third-order valence-corrected chi connectivity index (χ3v) is 3.41. The number of fused-ring (bicyclic) bond motifs is 1. The fourth-order valence-corrected chi connectivity index (χ4v) is 2.45. The number of imidazole rings is 1. The summed E-state index contributed by atoms with van der Waals surface area (Å²) >= 11 is 5.89. The number of nitrogens with zero attached hydrogens (tertiary/aromatic N) is 2. The topological polar surface area (TPSA) is 55.1 Å². The number of carboxylic acids is 1. The van der Waals surface area contributed by atoms with Crippen molar-refractivity contribution in [3.63, 3.8) is 0 Å². The fraction of sp³-hybridized carbons (Fsp3) is 0.0667. The highest BCUT2D eigenvalue weighted by Gasteiger charge is 2.16. The molecule has 4 nitrogen and oxygen atoms in total. The van der Waals surface area contributed by atoms with E-state index in [0.29, 0.717) is 16.1 Å². The van der Waals surface area contributed by atoms with Crippen LogP contribution >= 0.6 is 11.6 Å². The van der Waals surface area contributed by atoms with E-state index >= 15 is 0 Å². The Morgan fingerprint density at radius 3 is 2.55 bits per heavy atom. The molecule has 0 atom stereocenters. The molecule has 0 aliphatic carbocycles. The Morgan fingerprint density at radius 2 is 1.90 bits per heavy atom. The zero-order valence-electron chi connectivity index (χ0n) is 10.7. The van der Waals surface area contributed by atoms with Crippen LogP contribution in [-0.2, 0) is 0 Å². The zero-order chi connectivity index (χ0) is 14.3. The van der Waals surface area contributed by atoms with Crippen LogP contribution in [-0.4, -0.2) is 20.6 Å². The Labute approximate surface area is 120 Å². The molecule has 5 heteroatoms. The van der Waals surface area contributed by atoms with Crippen molar-refractivity contribution in [3.05, 3.63) is 58.9 Å². The molecule has 0 aliphatic rings. The molecule has 0 saturated carbocycles. The van der Waals surface area contributed by atoms with E-state index < -0.39 is 5.97 Å². The lowest BCUT2D eigenvalue weighted by Crippen LogP contribution is -2.03. The molecule has 1 aromatic heterocycles. The smallest absolute Gasteiger partial charge is 0.337 e. The van der Waals surface area contributed by atoms with Crippen molar-refractivity contribution in [2.45, 2.75) is 6.92 Å². The average molecular weight is 287 g/mol. The van der Waals surface area contributed by atoms with Crippen molar-refractivity contribution >= 4 is 28.6 Å². The monoisotopic (exact) mass is 286 g/mol. The number of aromatic carboxylic acids is 1. The predicted octanol–water partition coefficient (Wildman–Crippen LogP) is 3.69. The number of aryl methyl sites for hydroxylation is 1. The first-order valence-electron chi connectivity index (χ1n) is 6.05. The second kappa shape index (κ2) is 4.65. The summed E-state index contributed by atoms with van der Waals surface area (Å²) in [5.41, 5.74) is 2.33. The first-order valence-corrected chi connectivity index (χ1v) is 6.43. The van der Waals surface area contributed by atoms with Gasteiger partial charge in [-0.3, -0.25) is 4.57 Å². The highest BCUT2D eigenvalue weighted by atomic mass is 35.5. The summed E-state index contributed by atoms with van der Waals surface area (Å²) in [5.74, 6) is -0.235. The lowest BCUT2D eigenvalue weighted by atomic mass is 10.2. The minimum Gasteiger partial charge on any atom is -0.478 e. The molecule has 20 heavy (non-hydrogen) atoms. The third-order valence-electron chi connectivity index (χ3n) is 3.16. The van der Waals surface area contributed by atoms with E-state index in [2.05, 4.69) is 4.98 Å². The van der Waals surface area contributed by atoms with Crippen molar-refractivity contribution < 1.29 is 9.90 Å². The van der Waals surface area contributed by atoms with Crippen LogP contribution in [0.2, 0.25) is 5.02 Å². The highest BCUT2D eigenvalue weighted by molar-refractivity contribution is 6.30. The summed E-state index contributed by atoms with van der Waals surface area (Å²) in [6, 6.07) is 12.3. The molecule has 3 aromatic rings. The summed E-state index contributed by atoms with van der Waals surface area (Å²) in [4.78, 5) is 15.8. The molecule has 1 N–H and O–H groups in total. The number of rotatable bonds is 2. The largest absolute Gasteiger partial charge is 0.478 e. The molecule has 0 aliphatic heterocycles. The van der Waals surface area contributed by atoms with Crippen LogP contribution < -0.4 is 0 Å². The van der Waals surface area contributed by atoms with Crippen molar-refractivity contribution in [2.75, 3.05) is 0 Å². The third kappa shape index (κ3) is 1.94. The molecular formula is C15H11ClN2O2. The van der Waals surface area contributed by atoms with Gasteiger partial charge in [0, 0.05) is 10.7 Å². The Bertz CT molecular complexity index is 807. The summed E-state index contributed by atoms with van der Waals surface area (Å²) in [6.07, 6.45) is 0. The van der Waals surface area contributed by atoms with Gasteiger partial charge in [-0.1, -0.05) is 17.7 Å². The van der Waals surface area contributed by atoms with Crippen molar-refractivity contribution in [1.82, 2.24) is 9.55 Å². The number of para-hydroxylation sites is 1. The molecule has 0 radical (unpaired) electrons.